The van der Waals surface area contributed by atoms with Gasteiger partial charge in [0.2, 0.25) is 5.91 Å². The fourth-order valence-electron chi connectivity index (χ4n) is 2.57. The zero-order chi connectivity index (χ0) is 17.5. The van der Waals surface area contributed by atoms with Gasteiger partial charge in [-0.1, -0.05) is 6.07 Å². The molecule has 0 fully saturated rings. The van der Waals surface area contributed by atoms with Gasteiger partial charge in [0.15, 0.2) is 5.78 Å². The number of Topliss-reactive ketones (excluding diaryl/α,β-unsaturated/α-hetero) is 1. The van der Waals surface area contributed by atoms with Crippen molar-refractivity contribution in [3.8, 4) is 0 Å². The van der Waals surface area contributed by atoms with Gasteiger partial charge >= 0.3 is 0 Å². The molecule has 2 rings (SSSR count). The molecule has 1 aromatic heterocycles. The molecule has 1 N–H and O–H groups in total. The van der Waals surface area contributed by atoms with Crippen LogP contribution in [0.15, 0.2) is 35.7 Å². The van der Waals surface area contributed by atoms with Gasteiger partial charge in [0, 0.05) is 37.3 Å². The van der Waals surface area contributed by atoms with Crippen molar-refractivity contribution in [1.82, 2.24) is 0 Å². The van der Waals surface area contributed by atoms with Crippen molar-refractivity contribution < 1.29 is 9.59 Å². The van der Waals surface area contributed by atoms with Crippen LogP contribution < -0.4 is 10.2 Å². The summed E-state index contributed by atoms with van der Waals surface area (Å²) in [6.45, 7) is 8.14. The van der Waals surface area contributed by atoms with Gasteiger partial charge in [-0.3, -0.25) is 9.59 Å². The van der Waals surface area contributed by atoms with E-state index in [0.717, 1.165) is 30.0 Å². The Kier molecular flexibility index (Phi) is 6.55. The number of ketones is 1. The molecule has 0 saturated carbocycles. The summed E-state index contributed by atoms with van der Waals surface area (Å²) in [4.78, 5) is 27.0. The molecule has 128 valence electrons. The summed E-state index contributed by atoms with van der Waals surface area (Å²) in [7, 11) is 0. The number of hydrogen-bond donors (Lipinski definition) is 1. The number of benzene rings is 1. The minimum atomic E-state index is -0.126. The van der Waals surface area contributed by atoms with E-state index < -0.39 is 0 Å². The second kappa shape index (κ2) is 8.64. The van der Waals surface area contributed by atoms with Gasteiger partial charge in [-0.05, 0) is 56.0 Å². The van der Waals surface area contributed by atoms with Crippen LogP contribution in [0.2, 0.25) is 0 Å². The van der Waals surface area contributed by atoms with Crippen molar-refractivity contribution in [2.24, 2.45) is 0 Å². The summed E-state index contributed by atoms with van der Waals surface area (Å²) in [6.07, 6.45) is 0.441. The van der Waals surface area contributed by atoms with E-state index in [0.29, 0.717) is 4.88 Å². The van der Waals surface area contributed by atoms with Crippen molar-refractivity contribution in [3.63, 3.8) is 0 Å². The van der Waals surface area contributed by atoms with Crippen molar-refractivity contribution >= 4 is 34.4 Å². The summed E-state index contributed by atoms with van der Waals surface area (Å²) in [5.74, 6) is -0.104. The molecular formula is C19H24N2O2S. The molecular weight excluding hydrogens is 320 g/mol. The SMILES string of the molecule is CCN(CC)c1ccc(NC(=O)CCC(=O)c2cccs2)c(C)c1. The number of hydrogen-bond acceptors (Lipinski definition) is 4. The second-order valence-electron chi connectivity index (χ2n) is 5.62. The number of thiophene rings is 1. The highest BCUT2D eigenvalue weighted by atomic mass is 32.1. The Morgan fingerprint density at radius 3 is 2.46 bits per heavy atom. The molecule has 2 aromatic rings. The van der Waals surface area contributed by atoms with Gasteiger partial charge in [-0.25, -0.2) is 0 Å². The third-order valence-corrected chi connectivity index (χ3v) is 4.90. The zero-order valence-electron chi connectivity index (χ0n) is 14.5. The Balaban J connectivity index is 1.93. The summed E-state index contributed by atoms with van der Waals surface area (Å²) in [6, 6.07) is 9.67. The van der Waals surface area contributed by atoms with Crippen LogP contribution in [0.1, 0.15) is 41.9 Å². The van der Waals surface area contributed by atoms with E-state index in [1.807, 2.05) is 30.5 Å². The first-order chi connectivity index (χ1) is 11.5. The van der Waals surface area contributed by atoms with Gasteiger partial charge in [0.1, 0.15) is 0 Å². The Bertz CT molecular complexity index is 691. The zero-order valence-corrected chi connectivity index (χ0v) is 15.3. The average Bonchev–Trinajstić information content (AvgIpc) is 3.11. The van der Waals surface area contributed by atoms with Gasteiger partial charge in [-0.15, -0.1) is 11.3 Å². The van der Waals surface area contributed by atoms with E-state index in [-0.39, 0.29) is 24.5 Å². The Morgan fingerprint density at radius 1 is 1.12 bits per heavy atom. The lowest BCUT2D eigenvalue weighted by atomic mass is 10.1. The number of nitrogens with one attached hydrogen (secondary N) is 1. The van der Waals surface area contributed by atoms with E-state index in [1.54, 1.807) is 6.07 Å². The first-order valence-electron chi connectivity index (χ1n) is 8.27. The minimum Gasteiger partial charge on any atom is -0.372 e. The monoisotopic (exact) mass is 344 g/mol. The molecule has 24 heavy (non-hydrogen) atoms. The van der Waals surface area contributed by atoms with Gasteiger partial charge < -0.3 is 10.2 Å². The number of amides is 1. The summed E-state index contributed by atoms with van der Waals surface area (Å²) >= 11 is 1.41. The highest BCUT2D eigenvalue weighted by Gasteiger charge is 2.12. The summed E-state index contributed by atoms with van der Waals surface area (Å²) < 4.78 is 0. The molecule has 0 bridgehead atoms. The van der Waals surface area contributed by atoms with E-state index in [2.05, 4.69) is 30.1 Å². The molecule has 1 aromatic carbocycles. The number of nitrogens with zero attached hydrogens (tertiary/aromatic N) is 1. The molecule has 0 saturated heterocycles. The van der Waals surface area contributed by atoms with E-state index in [4.69, 9.17) is 0 Å². The molecule has 0 aliphatic rings. The number of aryl methyl sites for hydroxylation is 1. The normalized spacial score (nSPS) is 10.5. The smallest absolute Gasteiger partial charge is 0.224 e. The van der Waals surface area contributed by atoms with Crippen LogP contribution in [0.5, 0.6) is 0 Å². The highest BCUT2D eigenvalue weighted by Crippen LogP contribution is 2.23. The average molecular weight is 344 g/mol. The maximum atomic E-state index is 12.1. The van der Waals surface area contributed by atoms with E-state index in [1.165, 1.54) is 11.3 Å². The molecule has 5 heteroatoms. The van der Waals surface area contributed by atoms with Gasteiger partial charge in [0.25, 0.3) is 0 Å². The fraction of sp³-hybridized carbons (Fsp3) is 0.368. The lowest BCUT2D eigenvalue weighted by Gasteiger charge is -2.22. The van der Waals surface area contributed by atoms with Crippen LogP contribution in [-0.4, -0.2) is 24.8 Å². The lowest BCUT2D eigenvalue weighted by molar-refractivity contribution is -0.116. The molecule has 4 nitrogen and oxygen atoms in total. The third-order valence-electron chi connectivity index (χ3n) is 3.99. The Labute approximate surface area is 147 Å². The third kappa shape index (κ3) is 4.68. The lowest BCUT2D eigenvalue weighted by Crippen LogP contribution is -2.22. The number of rotatable bonds is 8. The molecule has 0 aliphatic heterocycles. The standard InChI is InChI=1S/C19H24N2O2S/c1-4-21(5-2)15-8-9-16(14(3)13-15)20-19(23)11-10-17(22)18-7-6-12-24-18/h6-9,12-13H,4-5,10-11H2,1-3H3,(H,20,23). The van der Waals surface area contributed by atoms with Crippen LogP contribution in [0.25, 0.3) is 0 Å². The molecule has 0 atom stereocenters. The fourth-order valence-corrected chi connectivity index (χ4v) is 3.27. The Morgan fingerprint density at radius 2 is 1.88 bits per heavy atom. The molecule has 0 aliphatic carbocycles. The van der Waals surface area contributed by atoms with E-state index in [9.17, 15) is 9.59 Å². The van der Waals surface area contributed by atoms with Crippen molar-refractivity contribution in [2.45, 2.75) is 33.6 Å². The van der Waals surface area contributed by atoms with Crippen LogP contribution in [-0.2, 0) is 4.79 Å². The minimum absolute atomic E-state index is 0.0220. The topological polar surface area (TPSA) is 49.4 Å². The number of carbonyl (C=O) groups excluding carboxylic acids is 2. The summed E-state index contributed by atoms with van der Waals surface area (Å²) in [5, 5.41) is 4.78. The number of carbonyl (C=O) groups is 2. The Hall–Kier alpha value is -2.14. The first kappa shape index (κ1) is 18.2. The van der Waals surface area contributed by atoms with Crippen LogP contribution in [0.3, 0.4) is 0 Å². The van der Waals surface area contributed by atoms with Crippen LogP contribution >= 0.6 is 11.3 Å². The van der Waals surface area contributed by atoms with E-state index >= 15 is 0 Å². The van der Waals surface area contributed by atoms with Crippen LogP contribution in [0.4, 0.5) is 11.4 Å². The second-order valence-corrected chi connectivity index (χ2v) is 6.57. The molecule has 0 spiro atoms. The van der Waals surface area contributed by atoms with Crippen molar-refractivity contribution in [3.05, 3.63) is 46.2 Å². The molecule has 1 amide bonds. The summed E-state index contributed by atoms with van der Waals surface area (Å²) in [5.41, 5.74) is 2.99. The number of anilines is 2. The van der Waals surface area contributed by atoms with Crippen LogP contribution in [0, 0.1) is 6.92 Å². The van der Waals surface area contributed by atoms with Gasteiger partial charge in [0.05, 0.1) is 4.88 Å². The maximum absolute atomic E-state index is 12.1. The molecule has 1 heterocycles. The molecule has 0 radical (unpaired) electrons. The predicted molar refractivity (Wildman–Crippen MR) is 101 cm³/mol. The quantitative estimate of drug-likeness (QED) is 0.717. The first-order valence-corrected chi connectivity index (χ1v) is 9.15. The van der Waals surface area contributed by atoms with Gasteiger partial charge in [-0.2, -0.15) is 0 Å². The predicted octanol–water partition coefficient (Wildman–Crippen LogP) is 4.50. The van der Waals surface area contributed by atoms with Crippen molar-refractivity contribution in [2.75, 3.05) is 23.3 Å². The largest absolute Gasteiger partial charge is 0.372 e. The highest BCUT2D eigenvalue weighted by molar-refractivity contribution is 7.12. The maximum Gasteiger partial charge on any atom is 0.224 e. The van der Waals surface area contributed by atoms with Crippen molar-refractivity contribution in [1.29, 1.82) is 0 Å². The molecule has 0 unspecified atom stereocenters.